The second-order valence-corrected chi connectivity index (χ2v) is 11.4. The maximum atomic E-state index is 17.2. The van der Waals surface area contributed by atoms with Crippen LogP contribution in [0.3, 0.4) is 0 Å². The van der Waals surface area contributed by atoms with E-state index in [0.29, 0.717) is 31.3 Å². The van der Waals surface area contributed by atoms with Crippen LogP contribution in [0.15, 0.2) is 23.8 Å². The molecule has 34 heavy (non-hydrogen) atoms. The van der Waals surface area contributed by atoms with Crippen LogP contribution in [0.25, 0.3) is 0 Å². The van der Waals surface area contributed by atoms with E-state index in [1.807, 2.05) is 20.8 Å². The minimum absolute atomic E-state index is 0.0166. The van der Waals surface area contributed by atoms with Gasteiger partial charge in [-0.05, 0) is 50.7 Å². The molecule has 4 aliphatic rings. The van der Waals surface area contributed by atoms with Gasteiger partial charge in [-0.3, -0.25) is 19.2 Å². The number of hydrogen-bond donors (Lipinski definition) is 0. The third-order valence-corrected chi connectivity index (χ3v) is 9.60. The zero-order valence-electron chi connectivity index (χ0n) is 20.4. The number of esters is 1. The minimum Gasteiger partial charge on any atom is -0.450 e. The Hall–Kier alpha value is -1.82. The molecule has 0 aromatic carbocycles. The van der Waals surface area contributed by atoms with E-state index in [1.165, 1.54) is 12.2 Å². The van der Waals surface area contributed by atoms with Crippen molar-refractivity contribution in [2.45, 2.75) is 83.9 Å². The van der Waals surface area contributed by atoms with Crippen molar-refractivity contribution in [2.75, 3.05) is 5.88 Å². The lowest BCUT2D eigenvalue weighted by Gasteiger charge is -2.60. The lowest BCUT2D eigenvalue weighted by Crippen LogP contribution is -2.68. The molecule has 5 nitrogen and oxygen atoms in total. The van der Waals surface area contributed by atoms with Crippen molar-refractivity contribution < 1.29 is 28.3 Å². The van der Waals surface area contributed by atoms with Crippen LogP contribution < -0.4 is 0 Å². The van der Waals surface area contributed by atoms with Gasteiger partial charge in [0.1, 0.15) is 0 Å². The molecule has 186 valence electrons. The third kappa shape index (κ3) is 3.09. The molecule has 0 amide bonds. The Labute approximate surface area is 205 Å². The number of ketones is 3. The molecule has 0 aromatic heterocycles. The van der Waals surface area contributed by atoms with Crippen LogP contribution >= 0.6 is 11.6 Å². The van der Waals surface area contributed by atoms with Gasteiger partial charge in [0, 0.05) is 47.8 Å². The minimum atomic E-state index is -2.18. The van der Waals surface area contributed by atoms with Gasteiger partial charge in [-0.15, -0.1) is 11.6 Å². The lowest BCUT2D eigenvalue weighted by atomic mass is 9.45. The van der Waals surface area contributed by atoms with Crippen LogP contribution in [0.5, 0.6) is 0 Å². The van der Waals surface area contributed by atoms with Gasteiger partial charge in [0.25, 0.3) is 0 Å². The van der Waals surface area contributed by atoms with E-state index < -0.39 is 39.8 Å². The number of hydrogen-bond acceptors (Lipinski definition) is 5. The first-order chi connectivity index (χ1) is 15.9. The average molecular weight is 493 g/mol. The summed E-state index contributed by atoms with van der Waals surface area (Å²) in [6, 6.07) is 0. The molecule has 4 rings (SSSR count). The highest BCUT2D eigenvalue weighted by Crippen LogP contribution is 2.70. The molecule has 0 aliphatic heterocycles. The molecular weight excluding hydrogens is 459 g/mol. The Balaban J connectivity index is 1.84. The summed E-state index contributed by atoms with van der Waals surface area (Å²) in [4.78, 5) is 52.2. The first-order valence-corrected chi connectivity index (χ1v) is 12.9. The van der Waals surface area contributed by atoms with E-state index in [4.69, 9.17) is 16.3 Å². The lowest BCUT2D eigenvalue weighted by molar-refractivity contribution is -0.202. The third-order valence-electron chi connectivity index (χ3n) is 9.41. The normalized spacial score (nSPS) is 43.0. The molecule has 4 aliphatic carbocycles. The number of halogens is 2. The van der Waals surface area contributed by atoms with E-state index in [2.05, 4.69) is 0 Å². The fraction of sp³-hybridized carbons (Fsp3) is 0.704. The van der Waals surface area contributed by atoms with Crippen molar-refractivity contribution in [3.8, 4) is 0 Å². The van der Waals surface area contributed by atoms with Crippen molar-refractivity contribution in [1.29, 1.82) is 0 Å². The molecule has 0 bridgehead atoms. The van der Waals surface area contributed by atoms with E-state index >= 15 is 4.39 Å². The summed E-state index contributed by atoms with van der Waals surface area (Å²) >= 11 is 5.94. The van der Waals surface area contributed by atoms with Crippen molar-refractivity contribution in [3.63, 3.8) is 0 Å². The van der Waals surface area contributed by atoms with Gasteiger partial charge >= 0.3 is 5.97 Å². The smallest absolute Gasteiger partial charge is 0.306 e. The number of ether oxygens (including phenoxy) is 1. The second kappa shape index (κ2) is 8.39. The Morgan fingerprint density at radius 1 is 1.21 bits per heavy atom. The predicted molar refractivity (Wildman–Crippen MR) is 126 cm³/mol. The van der Waals surface area contributed by atoms with Gasteiger partial charge in [-0.2, -0.15) is 0 Å². The largest absolute Gasteiger partial charge is 0.450 e. The monoisotopic (exact) mass is 492 g/mol. The highest BCUT2D eigenvalue weighted by Gasteiger charge is 2.77. The summed E-state index contributed by atoms with van der Waals surface area (Å²) < 4.78 is 23.3. The van der Waals surface area contributed by atoms with Crippen LogP contribution in [0.1, 0.15) is 72.6 Å². The quantitative estimate of drug-likeness (QED) is 0.381. The highest BCUT2D eigenvalue weighted by atomic mass is 35.5. The number of alkyl halides is 2. The molecule has 0 heterocycles. The number of rotatable bonds is 6. The number of carbonyl (C=O) groups excluding carboxylic acids is 4. The fourth-order valence-electron chi connectivity index (χ4n) is 7.83. The fourth-order valence-corrected chi connectivity index (χ4v) is 8.01. The van der Waals surface area contributed by atoms with Crippen LogP contribution in [-0.2, 0) is 23.9 Å². The maximum absolute atomic E-state index is 17.2. The summed E-state index contributed by atoms with van der Waals surface area (Å²) in [5.41, 5.74) is -5.26. The number of Topliss-reactive ketones (excluding diaryl/α,β-unsaturated/α-hetero) is 2. The van der Waals surface area contributed by atoms with Crippen molar-refractivity contribution in [1.82, 2.24) is 0 Å². The van der Waals surface area contributed by atoms with Gasteiger partial charge in [0.15, 0.2) is 28.6 Å². The van der Waals surface area contributed by atoms with Crippen LogP contribution in [0, 0.1) is 28.6 Å². The zero-order valence-corrected chi connectivity index (χ0v) is 21.2. The average Bonchev–Trinajstić information content (AvgIpc) is 2.97. The molecule has 0 spiro atoms. The van der Waals surface area contributed by atoms with Gasteiger partial charge in [0.2, 0.25) is 0 Å². The Morgan fingerprint density at radius 2 is 1.91 bits per heavy atom. The molecule has 0 aromatic rings. The van der Waals surface area contributed by atoms with Crippen LogP contribution in [-0.4, -0.2) is 40.5 Å². The molecule has 0 N–H and O–H groups in total. The summed E-state index contributed by atoms with van der Waals surface area (Å²) in [5.74, 6) is -2.79. The highest BCUT2D eigenvalue weighted by molar-refractivity contribution is 6.19. The summed E-state index contributed by atoms with van der Waals surface area (Å²) in [6.07, 6.45) is 6.32. The zero-order chi connectivity index (χ0) is 25.1. The van der Waals surface area contributed by atoms with Gasteiger partial charge in [0.05, 0.1) is 0 Å². The topological polar surface area (TPSA) is 77.5 Å². The molecule has 3 saturated carbocycles. The van der Waals surface area contributed by atoms with Crippen LogP contribution in [0.2, 0.25) is 0 Å². The first kappa shape index (κ1) is 25.3. The van der Waals surface area contributed by atoms with Crippen molar-refractivity contribution in [3.05, 3.63) is 23.8 Å². The molecule has 5 unspecified atom stereocenters. The second-order valence-electron chi connectivity index (χ2n) is 11.0. The molecule has 7 atom stereocenters. The summed E-state index contributed by atoms with van der Waals surface area (Å²) in [6.45, 7) is 7.27. The number of fused-ring (bicyclic) bond motifs is 5. The van der Waals surface area contributed by atoms with E-state index in [-0.39, 0.29) is 48.5 Å². The number of carbonyl (C=O) groups is 4. The molecule has 0 radical (unpaired) electrons. The molecule has 3 fully saturated rings. The number of allylic oxidation sites excluding steroid dienone is 4. The van der Waals surface area contributed by atoms with E-state index in [9.17, 15) is 19.2 Å². The Morgan fingerprint density at radius 3 is 2.56 bits per heavy atom. The first-order valence-electron chi connectivity index (χ1n) is 12.4. The molecule has 0 saturated heterocycles. The molecule has 7 heteroatoms. The Bertz CT molecular complexity index is 1000. The summed E-state index contributed by atoms with van der Waals surface area (Å²) in [7, 11) is 0. The van der Waals surface area contributed by atoms with Crippen molar-refractivity contribution >= 4 is 34.9 Å². The standard InChI is InChI=1S/C27H34ClFO5/c1-5-6-23(33)34-27(21(31)10-12-28)16(2)13-20-19-8-7-17-14-18(30)9-11-24(17,3)26(19,29)22(32)15-25(20,27)4/h9,11,14,16,19-20H,5-8,10,12-13,15H2,1-4H3/t16?,19?,20?,24?,25?,26-,27-/m0/s1. The maximum Gasteiger partial charge on any atom is 0.306 e. The van der Waals surface area contributed by atoms with Gasteiger partial charge < -0.3 is 4.74 Å². The SMILES string of the molecule is CCCC(=O)O[C@]1(C(=O)CCCl)C(C)CC2C3CCC4=CC(=O)C=CC4(C)[C@@]3(F)C(=O)CC21C. The van der Waals surface area contributed by atoms with E-state index in [0.717, 1.165) is 0 Å². The predicted octanol–water partition coefficient (Wildman–Crippen LogP) is 5.09. The van der Waals surface area contributed by atoms with Crippen LogP contribution in [0.4, 0.5) is 4.39 Å². The molecular formula is C27H34ClFO5. The van der Waals surface area contributed by atoms with Gasteiger partial charge in [-0.1, -0.05) is 32.4 Å². The Kier molecular flexibility index (Phi) is 6.24. The van der Waals surface area contributed by atoms with E-state index in [1.54, 1.807) is 13.0 Å². The van der Waals surface area contributed by atoms with Gasteiger partial charge in [-0.25, -0.2) is 4.39 Å². The van der Waals surface area contributed by atoms with Crippen molar-refractivity contribution in [2.24, 2.45) is 28.6 Å². The summed E-state index contributed by atoms with van der Waals surface area (Å²) in [5, 5.41) is 0.